The number of benzene rings is 1. The summed E-state index contributed by atoms with van der Waals surface area (Å²) in [6.07, 6.45) is 4.04. The summed E-state index contributed by atoms with van der Waals surface area (Å²) in [7, 11) is 1.57. The predicted octanol–water partition coefficient (Wildman–Crippen LogP) is 2.10. The van der Waals surface area contributed by atoms with Crippen molar-refractivity contribution >= 4 is 23.6 Å². The van der Waals surface area contributed by atoms with Gasteiger partial charge in [-0.3, -0.25) is 0 Å². The molecule has 5 nitrogen and oxygen atoms in total. The van der Waals surface area contributed by atoms with E-state index >= 15 is 0 Å². The van der Waals surface area contributed by atoms with Crippen LogP contribution >= 0.6 is 0 Å². The summed E-state index contributed by atoms with van der Waals surface area (Å²) in [6, 6.07) is 7.16. The minimum atomic E-state index is -0.191. The van der Waals surface area contributed by atoms with E-state index in [0.29, 0.717) is 17.0 Å². The molecular weight excluding hydrogens is 454 g/mol. The number of rotatable bonds is 4. The van der Waals surface area contributed by atoms with E-state index in [2.05, 4.69) is 16.5 Å². The third-order valence-electron chi connectivity index (χ3n) is 2.34. The normalized spacial score (nSPS) is 10.4. The molecule has 1 radical (unpaired) electrons. The Labute approximate surface area is 169 Å². The molecule has 1 N–H and O–H groups in total. The van der Waals surface area contributed by atoms with Crippen LogP contribution in [0.5, 0.6) is 0 Å². The van der Waals surface area contributed by atoms with Crippen LogP contribution < -0.4 is 0 Å². The maximum absolute atomic E-state index is 11.3. The van der Waals surface area contributed by atoms with Gasteiger partial charge in [0.1, 0.15) is 0 Å². The Morgan fingerprint density at radius 3 is 2.55 bits per heavy atom. The first kappa shape index (κ1) is 22.1. The molecule has 0 aliphatic carbocycles. The summed E-state index contributed by atoms with van der Waals surface area (Å²) in [5.74, 6) is -0.191. The second-order valence-corrected chi connectivity index (χ2v) is 3.60. The van der Waals surface area contributed by atoms with Gasteiger partial charge in [-0.15, -0.1) is 0 Å². The largest absolute Gasteiger partial charge is 0.438 e. The molecule has 0 heterocycles. The van der Waals surface area contributed by atoms with E-state index in [0.717, 1.165) is 0 Å². The van der Waals surface area contributed by atoms with Crippen molar-refractivity contribution in [1.82, 2.24) is 4.90 Å². The van der Waals surface area contributed by atoms with Gasteiger partial charge in [0.05, 0.1) is 5.71 Å². The fraction of sp³-hybridized carbons (Fsp3) is 0.231. The summed E-state index contributed by atoms with van der Waals surface area (Å²) < 4.78 is 0. The van der Waals surface area contributed by atoms with E-state index in [9.17, 15) is 4.79 Å². The molecule has 0 aromatic heterocycles. The second-order valence-electron chi connectivity index (χ2n) is 3.60. The fourth-order valence-corrected chi connectivity index (χ4v) is 1.30. The van der Waals surface area contributed by atoms with Crippen molar-refractivity contribution in [3.63, 3.8) is 0 Å². The topological polar surface area (TPSA) is 65.3 Å². The average Bonchev–Trinajstić information content (AvgIpc) is 2.43. The quantitative estimate of drug-likeness (QED) is 0.183. The fourth-order valence-electron chi connectivity index (χ4n) is 1.30. The third-order valence-corrected chi connectivity index (χ3v) is 2.34. The average molecular weight is 469 g/mol. The molecule has 0 unspecified atom stereocenters. The van der Waals surface area contributed by atoms with Crippen LogP contribution in [0, 0.1) is 53.3 Å². The zero-order valence-corrected chi connectivity index (χ0v) is 14.4. The van der Waals surface area contributed by atoms with E-state index in [1.165, 1.54) is 11.3 Å². The van der Waals surface area contributed by atoms with Crippen molar-refractivity contribution in [3.8, 4) is 0 Å². The van der Waals surface area contributed by atoms with Gasteiger partial charge in [-0.25, -0.2) is 0 Å². The van der Waals surface area contributed by atoms with Crippen LogP contribution in [-0.4, -0.2) is 35.1 Å². The maximum atomic E-state index is 11.3. The van der Waals surface area contributed by atoms with Crippen LogP contribution in [0.2, 0.25) is 0 Å². The summed E-state index contributed by atoms with van der Waals surface area (Å²) in [4.78, 5) is 16.6. The Morgan fingerprint density at radius 2 is 2.00 bits per heavy atom. The second kappa shape index (κ2) is 11.5. The van der Waals surface area contributed by atoms with Gasteiger partial charge in [0.2, 0.25) is 0 Å². The molecular formula is C13H15N3O2VYb-2. The first-order valence-corrected chi connectivity index (χ1v) is 5.41. The number of hydrogen-bond donors (Lipinski definition) is 1. The van der Waals surface area contributed by atoms with E-state index in [4.69, 9.17) is 5.21 Å². The molecule has 0 aliphatic heterocycles. The van der Waals surface area contributed by atoms with Gasteiger partial charge in [-0.2, -0.15) is 6.92 Å². The molecule has 0 saturated heterocycles. The molecule has 7 heteroatoms. The molecule has 0 atom stereocenters. The van der Waals surface area contributed by atoms with E-state index in [-0.39, 0.29) is 71.4 Å². The van der Waals surface area contributed by atoms with Gasteiger partial charge in [0.15, 0.2) is 0 Å². The van der Waals surface area contributed by atoms with Crippen molar-refractivity contribution in [2.24, 2.45) is 10.1 Å². The van der Waals surface area contributed by atoms with Crippen molar-refractivity contribution < 1.29 is 75.5 Å². The zero-order chi connectivity index (χ0) is 13.5. The number of para-hydroxylation sites is 1. The summed E-state index contributed by atoms with van der Waals surface area (Å²) in [5.41, 5.74) is 1.73. The molecule has 1 aromatic rings. The Kier molecular flexibility index (Phi) is 12.7. The number of amides is 1. The molecule has 1 aromatic carbocycles. The van der Waals surface area contributed by atoms with E-state index in [1.54, 1.807) is 33.0 Å². The van der Waals surface area contributed by atoms with Crippen LogP contribution in [0.4, 0.5) is 5.69 Å². The number of carbonyl (C=O) groups excluding carboxylic acids is 1. The van der Waals surface area contributed by atoms with Crippen LogP contribution in [0.15, 0.2) is 34.4 Å². The minimum absolute atomic E-state index is 0. The molecule has 0 bridgehead atoms. The molecule has 0 fully saturated rings. The van der Waals surface area contributed by atoms with Crippen LogP contribution in [0.25, 0.3) is 0 Å². The number of aliphatic imine (C=N–C) groups is 1. The molecule has 20 heavy (non-hydrogen) atoms. The van der Waals surface area contributed by atoms with Gasteiger partial charge in [0, 0.05) is 71.8 Å². The zero-order valence-electron chi connectivity index (χ0n) is 11.3. The van der Waals surface area contributed by atoms with Gasteiger partial charge >= 0.3 is 0 Å². The van der Waals surface area contributed by atoms with Crippen LogP contribution in [0.1, 0.15) is 19.4 Å². The van der Waals surface area contributed by atoms with Gasteiger partial charge in [-0.05, 0) is 31.1 Å². The van der Waals surface area contributed by atoms with Crippen LogP contribution in [-0.2, 0) is 23.4 Å². The van der Waals surface area contributed by atoms with Crippen molar-refractivity contribution in [2.75, 3.05) is 7.05 Å². The summed E-state index contributed by atoms with van der Waals surface area (Å²) >= 11 is 0. The molecule has 115 valence electrons. The molecule has 0 spiro atoms. The molecule has 0 aliphatic rings. The van der Waals surface area contributed by atoms with Crippen molar-refractivity contribution in [2.45, 2.75) is 13.8 Å². The summed E-state index contributed by atoms with van der Waals surface area (Å²) in [6.45, 7) is 3.32. The predicted molar refractivity (Wildman–Crippen MR) is 70.3 cm³/mol. The number of carbonyl (C=O) groups is 1. The van der Waals surface area contributed by atoms with Gasteiger partial charge in [-0.1, -0.05) is 29.4 Å². The molecule has 1 amide bonds. The maximum Gasteiger partial charge on any atom is 0.0736 e. The molecule has 0 saturated carbocycles. The van der Waals surface area contributed by atoms with Gasteiger partial charge < -0.3 is 26.3 Å². The Morgan fingerprint density at radius 1 is 1.40 bits per heavy atom. The molecule has 1 rings (SSSR count). The Bertz CT molecular complexity index is 492. The standard InChI is InChI=1S/C13H15N3O2.V.Yb/c1-4-13(17)16(3)9-14-12-8-6-5-7-11(12)10(2)15-18;;/h4-8,18H,1-3H3;;/q-2;;/b15-10+;;. The van der Waals surface area contributed by atoms with Crippen molar-refractivity contribution in [1.29, 1.82) is 0 Å². The first-order valence-electron chi connectivity index (χ1n) is 5.41. The Hall–Kier alpha value is -0.196. The smallest absolute Gasteiger partial charge is 0.0736 e. The number of nitrogens with zero attached hydrogens (tertiary/aromatic N) is 3. The first-order chi connectivity index (χ1) is 8.60. The van der Waals surface area contributed by atoms with Crippen molar-refractivity contribution in [3.05, 3.63) is 36.2 Å². The Balaban J connectivity index is 0. The number of hydrogen-bond acceptors (Lipinski definition) is 4. The van der Waals surface area contributed by atoms with Gasteiger partial charge in [0.25, 0.3) is 0 Å². The number of oxime groups is 1. The SMILES string of the molecule is C[CH-]C(=O)N(C)[C-]=Nc1ccccc1/C(C)=N/O.[V].[Yb]. The van der Waals surface area contributed by atoms with E-state index < -0.39 is 0 Å². The minimum Gasteiger partial charge on any atom is -0.438 e. The van der Waals surface area contributed by atoms with E-state index in [1.807, 2.05) is 12.1 Å². The monoisotopic (exact) mass is 470 g/mol. The van der Waals surface area contributed by atoms with Crippen LogP contribution in [0.3, 0.4) is 0 Å². The summed E-state index contributed by atoms with van der Waals surface area (Å²) in [5, 5.41) is 11.9. The third kappa shape index (κ3) is 6.50.